The molecule has 2 rings (SSSR count). The Morgan fingerprint density at radius 2 is 1.95 bits per heavy atom. The maximum absolute atomic E-state index is 12.0. The van der Waals surface area contributed by atoms with E-state index in [-0.39, 0.29) is 12.4 Å². The molecule has 0 aliphatic heterocycles. The van der Waals surface area contributed by atoms with Gasteiger partial charge < -0.3 is 9.47 Å². The Hall–Kier alpha value is -1.71. The number of rotatable bonds is 5. The quantitative estimate of drug-likeness (QED) is 0.774. The van der Waals surface area contributed by atoms with Crippen LogP contribution >= 0.6 is 23.2 Å². The fourth-order valence-corrected chi connectivity index (χ4v) is 2.00. The molecule has 2 aromatic carbocycles. The molecular formula is C15H12Cl2O3. The predicted octanol–water partition coefficient (Wildman–Crippen LogP) is 4.26. The molecule has 2 aromatic rings. The van der Waals surface area contributed by atoms with Crippen molar-refractivity contribution in [3.63, 3.8) is 0 Å². The second-order valence-electron chi connectivity index (χ2n) is 4.02. The summed E-state index contributed by atoms with van der Waals surface area (Å²) in [5.74, 6) is 0.840. The van der Waals surface area contributed by atoms with Gasteiger partial charge in [0.05, 0.1) is 12.1 Å². The number of hydrogen-bond donors (Lipinski definition) is 0. The fourth-order valence-electron chi connectivity index (χ4n) is 1.62. The molecule has 0 amide bonds. The number of Topliss-reactive ketones (excluding diaryl/α,β-unsaturated/α-hetero) is 1. The van der Waals surface area contributed by atoms with Crippen LogP contribution in [0, 0.1) is 0 Å². The van der Waals surface area contributed by atoms with Crippen molar-refractivity contribution in [2.24, 2.45) is 0 Å². The minimum absolute atomic E-state index is 0.0782. The summed E-state index contributed by atoms with van der Waals surface area (Å²) in [5, 5.41) is 1.02. The van der Waals surface area contributed by atoms with Crippen LogP contribution < -0.4 is 9.47 Å². The lowest BCUT2D eigenvalue weighted by Gasteiger charge is -2.08. The van der Waals surface area contributed by atoms with Crippen molar-refractivity contribution in [3.8, 4) is 11.5 Å². The molecule has 20 heavy (non-hydrogen) atoms. The first-order valence-electron chi connectivity index (χ1n) is 5.85. The van der Waals surface area contributed by atoms with E-state index in [9.17, 15) is 4.79 Å². The van der Waals surface area contributed by atoms with Gasteiger partial charge >= 0.3 is 0 Å². The molecule has 0 fully saturated rings. The SMILES string of the molecule is COc1cc(C(=O)COc2cccc(Cl)c2)ccc1Cl. The highest BCUT2D eigenvalue weighted by Gasteiger charge is 2.10. The molecule has 0 bridgehead atoms. The Morgan fingerprint density at radius 3 is 2.65 bits per heavy atom. The Balaban J connectivity index is 2.05. The zero-order valence-corrected chi connectivity index (χ0v) is 12.2. The average Bonchev–Trinajstić information content (AvgIpc) is 2.45. The molecule has 0 N–H and O–H groups in total. The number of methoxy groups -OCH3 is 1. The molecule has 0 aromatic heterocycles. The molecule has 104 valence electrons. The van der Waals surface area contributed by atoms with Crippen LogP contribution in [0.15, 0.2) is 42.5 Å². The molecule has 0 aliphatic rings. The van der Waals surface area contributed by atoms with Crippen molar-refractivity contribution in [1.82, 2.24) is 0 Å². The lowest BCUT2D eigenvalue weighted by Crippen LogP contribution is -2.11. The summed E-state index contributed by atoms with van der Waals surface area (Å²) in [6, 6.07) is 11.7. The van der Waals surface area contributed by atoms with E-state index < -0.39 is 0 Å². The third-order valence-corrected chi connectivity index (χ3v) is 3.19. The molecule has 5 heteroatoms. The van der Waals surface area contributed by atoms with Gasteiger partial charge in [0, 0.05) is 10.6 Å². The number of ketones is 1. The van der Waals surface area contributed by atoms with Gasteiger partial charge in [0.1, 0.15) is 11.5 Å². The van der Waals surface area contributed by atoms with Gasteiger partial charge in [-0.3, -0.25) is 4.79 Å². The molecule has 0 radical (unpaired) electrons. The van der Waals surface area contributed by atoms with Crippen LogP contribution in [0.4, 0.5) is 0 Å². The summed E-state index contributed by atoms with van der Waals surface area (Å²) in [5.41, 5.74) is 0.480. The first-order valence-corrected chi connectivity index (χ1v) is 6.61. The lowest BCUT2D eigenvalue weighted by atomic mass is 10.1. The van der Waals surface area contributed by atoms with Crippen LogP contribution in [0.5, 0.6) is 11.5 Å². The monoisotopic (exact) mass is 310 g/mol. The van der Waals surface area contributed by atoms with Crippen molar-refractivity contribution in [2.45, 2.75) is 0 Å². The normalized spacial score (nSPS) is 10.2. The average molecular weight is 311 g/mol. The van der Waals surface area contributed by atoms with Crippen molar-refractivity contribution in [1.29, 1.82) is 0 Å². The zero-order valence-electron chi connectivity index (χ0n) is 10.7. The van der Waals surface area contributed by atoms with Gasteiger partial charge in [-0.15, -0.1) is 0 Å². The predicted molar refractivity (Wildman–Crippen MR) is 79.3 cm³/mol. The van der Waals surface area contributed by atoms with Crippen molar-refractivity contribution in [3.05, 3.63) is 58.1 Å². The van der Waals surface area contributed by atoms with Crippen LogP contribution in [0.1, 0.15) is 10.4 Å². The molecule has 0 heterocycles. The van der Waals surface area contributed by atoms with Gasteiger partial charge in [-0.1, -0.05) is 29.3 Å². The van der Waals surface area contributed by atoms with Gasteiger partial charge in [-0.05, 0) is 36.4 Å². The third kappa shape index (κ3) is 3.65. The van der Waals surface area contributed by atoms with E-state index in [1.165, 1.54) is 7.11 Å². The summed E-state index contributed by atoms with van der Waals surface area (Å²) < 4.78 is 10.5. The Morgan fingerprint density at radius 1 is 1.15 bits per heavy atom. The number of ether oxygens (including phenoxy) is 2. The molecule has 3 nitrogen and oxygen atoms in total. The van der Waals surface area contributed by atoms with Crippen LogP contribution in [-0.2, 0) is 0 Å². The highest BCUT2D eigenvalue weighted by Crippen LogP contribution is 2.25. The van der Waals surface area contributed by atoms with Gasteiger partial charge in [-0.25, -0.2) is 0 Å². The summed E-state index contributed by atoms with van der Waals surface area (Å²) in [6.45, 7) is -0.0782. The van der Waals surface area contributed by atoms with Gasteiger partial charge in [0.15, 0.2) is 12.4 Å². The highest BCUT2D eigenvalue weighted by atomic mass is 35.5. The first kappa shape index (κ1) is 14.7. The fraction of sp³-hybridized carbons (Fsp3) is 0.133. The van der Waals surface area contributed by atoms with E-state index in [1.807, 2.05) is 0 Å². The summed E-state index contributed by atoms with van der Waals surface area (Å²) in [4.78, 5) is 12.0. The second-order valence-corrected chi connectivity index (χ2v) is 4.86. The van der Waals surface area contributed by atoms with E-state index >= 15 is 0 Å². The molecule has 0 unspecified atom stereocenters. The van der Waals surface area contributed by atoms with Gasteiger partial charge in [-0.2, -0.15) is 0 Å². The number of hydrogen-bond acceptors (Lipinski definition) is 3. The first-order chi connectivity index (χ1) is 9.60. The minimum atomic E-state index is -0.167. The number of carbonyl (C=O) groups excluding carboxylic acids is 1. The number of benzene rings is 2. The third-order valence-electron chi connectivity index (χ3n) is 2.64. The maximum Gasteiger partial charge on any atom is 0.200 e. The standard InChI is InChI=1S/C15H12Cl2O3/c1-19-15-7-10(5-6-13(15)17)14(18)9-20-12-4-2-3-11(16)8-12/h2-8H,9H2,1H3. The topological polar surface area (TPSA) is 35.5 Å². The van der Waals surface area contributed by atoms with Gasteiger partial charge in [0.2, 0.25) is 0 Å². The Labute approximate surface area is 127 Å². The Bertz CT molecular complexity index is 626. The molecule has 0 saturated carbocycles. The van der Waals surface area contributed by atoms with Crippen molar-refractivity contribution < 1.29 is 14.3 Å². The van der Waals surface area contributed by atoms with E-state index in [4.69, 9.17) is 32.7 Å². The van der Waals surface area contributed by atoms with Crippen LogP contribution in [0.25, 0.3) is 0 Å². The smallest absolute Gasteiger partial charge is 0.200 e. The lowest BCUT2D eigenvalue weighted by molar-refractivity contribution is 0.0921. The summed E-state index contributed by atoms with van der Waals surface area (Å²) in [6.07, 6.45) is 0. The van der Waals surface area contributed by atoms with E-state index in [0.29, 0.717) is 27.1 Å². The minimum Gasteiger partial charge on any atom is -0.495 e. The molecule has 0 aliphatic carbocycles. The van der Waals surface area contributed by atoms with E-state index in [0.717, 1.165) is 0 Å². The highest BCUT2D eigenvalue weighted by molar-refractivity contribution is 6.32. The zero-order chi connectivity index (χ0) is 14.5. The summed E-state index contributed by atoms with van der Waals surface area (Å²) >= 11 is 11.7. The van der Waals surface area contributed by atoms with Gasteiger partial charge in [0.25, 0.3) is 0 Å². The van der Waals surface area contributed by atoms with Crippen molar-refractivity contribution >= 4 is 29.0 Å². The molecule has 0 saturated heterocycles. The Kier molecular flexibility index (Phi) is 4.88. The molecule has 0 atom stereocenters. The number of halogens is 2. The molecule has 0 spiro atoms. The van der Waals surface area contributed by atoms with Crippen molar-refractivity contribution in [2.75, 3.05) is 13.7 Å². The summed E-state index contributed by atoms with van der Waals surface area (Å²) in [7, 11) is 1.50. The van der Waals surface area contributed by atoms with Crippen LogP contribution in [-0.4, -0.2) is 19.5 Å². The second kappa shape index (κ2) is 6.64. The number of carbonyl (C=O) groups is 1. The van der Waals surface area contributed by atoms with E-state index in [2.05, 4.69) is 0 Å². The van der Waals surface area contributed by atoms with Crippen LogP contribution in [0.2, 0.25) is 10.0 Å². The maximum atomic E-state index is 12.0. The molecular weight excluding hydrogens is 299 g/mol. The largest absolute Gasteiger partial charge is 0.495 e. The van der Waals surface area contributed by atoms with E-state index in [1.54, 1.807) is 42.5 Å². The van der Waals surface area contributed by atoms with Crippen LogP contribution in [0.3, 0.4) is 0 Å².